The van der Waals surface area contributed by atoms with Crippen molar-refractivity contribution in [1.82, 2.24) is 4.57 Å². The molecule has 2 nitrogen and oxygen atoms in total. The van der Waals surface area contributed by atoms with Gasteiger partial charge in [0.15, 0.2) is 0 Å². The number of para-hydroxylation sites is 2. The molecular weight excluding hydrogens is 701 g/mol. The third-order valence-electron chi connectivity index (χ3n) is 11.6. The van der Waals surface area contributed by atoms with E-state index in [1.807, 2.05) is 0 Å². The summed E-state index contributed by atoms with van der Waals surface area (Å²) in [5.74, 6) is 0. The number of nitrogens with zero attached hydrogens (tertiary/aromatic N) is 2. The Morgan fingerprint density at radius 3 is 1.66 bits per heavy atom. The largest absolute Gasteiger partial charge is 0.310 e. The first-order valence-corrected chi connectivity index (χ1v) is 19.9. The molecule has 0 aliphatic heterocycles. The quantitative estimate of drug-likeness (QED) is 0.148. The van der Waals surface area contributed by atoms with Gasteiger partial charge in [-0.3, -0.25) is 0 Å². The van der Waals surface area contributed by atoms with E-state index < -0.39 is 0 Å². The van der Waals surface area contributed by atoms with Crippen LogP contribution in [0.2, 0.25) is 0 Å². The Balaban J connectivity index is 1.08. The van der Waals surface area contributed by atoms with E-state index in [2.05, 4.69) is 240 Å². The number of aromatic nitrogens is 1. The minimum Gasteiger partial charge on any atom is -0.310 e. The minimum absolute atomic E-state index is 1.09. The topological polar surface area (TPSA) is 8.17 Å². The van der Waals surface area contributed by atoms with Crippen LogP contribution in [-0.2, 0) is 0 Å². The number of hydrogen-bond acceptors (Lipinski definition) is 1. The van der Waals surface area contributed by atoms with Crippen molar-refractivity contribution in [2.75, 3.05) is 4.90 Å². The maximum absolute atomic E-state index is 2.40. The molecule has 0 aliphatic rings. The first-order valence-electron chi connectivity index (χ1n) is 19.9. The molecule has 0 amide bonds. The number of anilines is 3. The molecule has 0 fully saturated rings. The third-order valence-corrected chi connectivity index (χ3v) is 11.6. The van der Waals surface area contributed by atoms with Crippen LogP contribution in [0, 0.1) is 0 Å². The lowest BCUT2D eigenvalue weighted by Crippen LogP contribution is -2.10. The van der Waals surface area contributed by atoms with Gasteiger partial charge in [-0.1, -0.05) is 170 Å². The lowest BCUT2D eigenvalue weighted by atomic mass is 9.94. The lowest BCUT2D eigenvalue weighted by molar-refractivity contribution is 1.18. The third kappa shape index (κ3) is 5.74. The highest BCUT2D eigenvalue weighted by Crippen LogP contribution is 2.43. The molecule has 272 valence electrons. The van der Waals surface area contributed by atoms with Crippen molar-refractivity contribution in [3.63, 3.8) is 0 Å². The molecule has 0 radical (unpaired) electrons. The monoisotopic (exact) mass is 738 g/mol. The van der Waals surface area contributed by atoms with E-state index in [9.17, 15) is 0 Å². The molecule has 10 aromatic carbocycles. The first kappa shape index (κ1) is 33.6. The molecule has 0 atom stereocenters. The summed E-state index contributed by atoms with van der Waals surface area (Å²) < 4.78 is 2.39. The molecule has 0 unspecified atom stereocenters. The van der Waals surface area contributed by atoms with E-state index in [4.69, 9.17) is 0 Å². The van der Waals surface area contributed by atoms with Crippen molar-refractivity contribution in [3.05, 3.63) is 231 Å². The molecule has 0 aliphatic carbocycles. The van der Waals surface area contributed by atoms with Gasteiger partial charge in [0.2, 0.25) is 0 Å². The zero-order valence-corrected chi connectivity index (χ0v) is 31.8. The molecule has 11 rings (SSSR count). The number of rotatable bonds is 7. The maximum Gasteiger partial charge on any atom is 0.0547 e. The average molecular weight is 739 g/mol. The van der Waals surface area contributed by atoms with E-state index in [0.29, 0.717) is 0 Å². The summed E-state index contributed by atoms with van der Waals surface area (Å²) in [5.41, 5.74) is 14.1. The molecule has 58 heavy (non-hydrogen) atoms. The van der Waals surface area contributed by atoms with Crippen LogP contribution in [0.5, 0.6) is 0 Å². The second-order valence-electron chi connectivity index (χ2n) is 14.9. The van der Waals surface area contributed by atoms with Crippen molar-refractivity contribution < 1.29 is 0 Å². The zero-order valence-electron chi connectivity index (χ0n) is 31.8. The number of fused-ring (bicyclic) bond motifs is 6. The van der Waals surface area contributed by atoms with Crippen molar-refractivity contribution in [2.45, 2.75) is 0 Å². The predicted octanol–water partition coefficient (Wildman–Crippen LogP) is 15.6. The van der Waals surface area contributed by atoms with Crippen molar-refractivity contribution in [1.29, 1.82) is 0 Å². The standard InChI is InChI=1S/C56H38N2/c1-3-15-39(16-4-1)48-23-9-10-24-50(48)41-31-33-45(34-32-41)57(47-35-36-51-43(38-47)30-29-40-17-7-8-22-49(40)51)46-21-13-18-42(37-46)52-26-14-28-55-56(52)53-25-11-12-27-54(53)58(55)44-19-5-2-6-20-44/h1-38H. The second kappa shape index (κ2) is 14.1. The molecular formula is C56H38N2. The fraction of sp³-hybridized carbons (Fsp3) is 0. The summed E-state index contributed by atoms with van der Waals surface area (Å²) in [7, 11) is 0. The van der Waals surface area contributed by atoms with Gasteiger partial charge in [0.05, 0.1) is 11.0 Å². The van der Waals surface area contributed by atoms with Crippen molar-refractivity contribution >= 4 is 60.4 Å². The molecule has 1 heterocycles. The predicted molar refractivity (Wildman–Crippen MR) is 247 cm³/mol. The lowest BCUT2D eigenvalue weighted by Gasteiger charge is -2.27. The van der Waals surface area contributed by atoms with Gasteiger partial charge in [-0.25, -0.2) is 0 Å². The van der Waals surface area contributed by atoms with Gasteiger partial charge in [0.1, 0.15) is 0 Å². The van der Waals surface area contributed by atoms with Gasteiger partial charge in [-0.15, -0.1) is 0 Å². The normalized spacial score (nSPS) is 11.4. The van der Waals surface area contributed by atoms with Crippen molar-refractivity contribution in [2.24, 2.45) is 0 Å². The summed E-state index contributed by atoms with van der Waals surface area (Å²) in [4.78, 5) is 2.40. The van der Waals surface area contributed by atoms with Crippen LogP contribution in [0.1, 0.15) is 0 Å². The Labute approximate surface area is 338 Å². The summed E-state index contributed by atoms with van der Waals surface area (Å²) in [5, 5.41) is 7.48. The molecule has 0 bridgehead atoms. The van der Waals surface area contributed by atoms with Crippen LogP contribution >= 0.6 is 0 Å². The summed E-state index contributed by atoms with van der Waals surface area (Å²) in [6.45, 7) is 0. The second-order valence-corrected chi connectivity index (χ2v) is 14.9. The van der Waals surface area contributed by atoms with E-state index in [1.54, 1.807) is 0 Å². The Bertz CT molecular complexity index is 3270. The van der Waals surface area contributed by atoms with E-state index >= 15 is 0 Å². The molecule has 0 spiro atoms. The highest BCUT2D eigenvalue weighted by molar-refractivity contribution is 6.16. The molecule has 0 saturated carbocycles. The van der Waals surface area contributed by atoms with Gasteiger partial charge in [0.25, 0.3) is 0 Å². The van der Waals surface area contributed by atoms with Gasteiger partial charge in [-0.05, 0) is 116 Å². The van der Waals surface area contributed by atoms with Crippen LogP contribution in [0.15, 0.2) is 231 Å². The van der Waals surface area contributed by atoms with Crippen LogP contribution in [0.4, 0.5) is 17.1 Å². The van der Waals surface area contributed by atoms with Crippen molar-refractivity contribution in [3.8, 4) is 39.1 Å². The Morgan fingerprint density at radius 2 is 0.845 bits per heavy atom. The van der Waals surface area contributed by atoms with Gasteiger partial charge in [0, 0.05) is 33.5 Å². The van der Waals surface area contributed by atoms with E-state index in [0.717, 1.165) is 22.7 Å². The van der Waals surface area contributed by atoms with Crippen LogP contribution in [-0.4, -0.2) is 4.57 Å². The van der Waals surface area contributed by atoms with Gasteiger partial charge in [-0.2, -0.15) is 0 Å². The smallest absolute Gasteiger partial charge is 0.0547 e. The Hall–Kier alpha value is -7.68. The zero-order chi connectivity index (χ0) is 38.4. The van der Waals surface area contributed by atoms with Crippen LogP contribution in [0.3, 0.4) is 0 Å². The summed E-state index contributed by atoms with van der Waals surface area (Å²) >= 11 is 0. The summed E-state index contributed by atoms with van der Waals surface area (Å²) in [6, 6.07) is 83.7. The van der Waals surface area contributed by atoms with E-state index in [1.165, 1.54) is 76.7 Å². The van der Waals surface area contributed by atoms with Gasteiger partial charge >= 0.3 is 0 Å². The minimum atomic E-state index is 1.09. The van der Waals surface area contributed by atoms with Gasteiger partial charge < -0.3 is 9.47 Å². The average Bonchev–Trinajstić information content (AvgIpc) is 3.65. The highest BCUT2D eigenvalue weighted by atomic mass is 15.1. The van der Waals surface area contributed by atoms with E-state index in [-0.39, 0.29) is 0 Å². The van der Waals surface area contributed by atoms with Crippen LogP contribution in [0.25, 0.3) is 82.4 Å². The maximum atomic E-state index is 2.40. The molecule has 0 N–H and O–H groups in total. The number of benzene rings is 10. The molecule has 0 saturated heterocycles. The fourth-order valence-corrected chi connectivity index (χ4v) is 8.91. The molecule has 1 aromatic heterocycles. The Morgan fingerprint density at radius 1 is 0.293 bits per heavy atom. The summed E-state index contributed by atoms with van der Waals surface area (Å²) in [6.07, 6.45) is 0. The van der Waals surface area contributed by atoms with Crippen LogP contribution < -0.4 is 4.90 Å². The molecule has 2 heteroatoms. The molecule has 11 aromatic rings. The number of hydrogen-bond donors (Lipinski definition) is 0. The first-order chi connectivity index (χ1) is 28.8. The fourth-order valence-electron chi connectivity index (χ4n) is 8.91. The highest BCUT2D eigenvalue weighted by Gasteiger charge is 2.19. The SMILES string of the molecule is c1ccc(-c2ccccc2-c2ccc(N(c3cccc(-c4cccc5c4c4ccccc4n5-c4ccccc4)c3)c3ccc4c(ccc5ccccc54)c3)cc2)cc1. The Kier molecular flexibility index (Phi) is 8.19.